The third kappa shape index (κ3) is 4.08. The fourth-order valence-electron chi connectivity index (χ4n) is 2.53. The van der Waals surface area contributed by atoms with E-state index in [1.54, 1.807) is 17.2 Å². The minimum absolute atomic E-state index is 0.134. The molecule has 0 saturated carbocycles. The zero-order chi connectivity index (χ0) is 20.5. The van der Waals surface area contributed by atoms with E-state index in [4.69, 9.17) is 0 Å². The maximum absolute atomic E-state index is 14.8. The minimum Gasteiger partial charge on any atom is -0.506 e. The molecule has 1 saturated heterocycles. The normalized spacial score (nSPS) is 15.4. The molecule has 1 aromatic carbocycles. The number of halogens is 1. The third-order valence-electron chi connectivity index (χ3n) is 3.93. The fraction of sp³-hybridized carbons (Fsp3) is 0.294. The van der Waals surface area contributed by atoms with E-state index in [1.165, 1.54) is 6.07 Å². The molecule has 0 bridgehead atoms. The lowest BCUT2D eigenvalue weighted by Crippen LogP contribution is -2.30. The molecule has 11 heteroatoms. The number of nitrogens with zero attached hydrogens (tertiary/aromatic N) is 4. The second kappa shape index (κ2) is 7.49. The van der Waals surface area contributed by atoms with Crippen molar-refractivity contribution in [2.24, 2.45) is 0 Å². The summed E-state index contributed by atoms with van der Waals surface area (Å²) in [4.78, 5) is 17.5. The van der Waals surface area contributed by atoms with Crippen molar-refractivity contribution < 1.29 is 22.7 Å². The van der Waals surface area contributed by atoms with E-state index in [0.29, 0.717) is 16.5 Å². The van der Waals surface area contributed by atoms with Crippen molar-refractivity contribution in [1.29, 1.82) is 0 Å². The zero-order valence-electron chi connectivity index (χ0n) is 15.2. The van der Waals surface area contributed by atoms with Gasteiger partial charge in [0.25, 0.3) is 5.91 Å². The van der Waals surface area contributed by atoms with Crippen LogP contribution >= 0.6 is 0 Å². The van der Waals surface area contributed by atoms with Gasteiger partial charge in [0.2, 0.25) is 0 Å². The summed E-state index contributed by atoms with van der Waals surface area (Å²) in [5.41, 5.74) is -0.342. The molecule has 9 nitrogen and oxygen atoms in total. The molecule has 2 N–H and O–H groups in total. The molecule has 1 aromatic heterocycles. The molecule has 0 radical (unpaired) electrons. The van der Waals surface area contributed by atoms with Crippen molar-refractivity contribution in [2.45, 2.75) is 6.54 Å². The van der Waals surface area contributed by atoms with Gasteiger partial charge in [-0.3, -0.25) is 4.79 Å². The topological polar surface area (TPSA) is 108 Å². The van der Waals surface area contributed by atoms with Crippen LogP contribution in [0.2, 0.25) is 0 Å². The summed E-state index contributed by atoms with van der Waals surface area (Å²) >= 11 is 0. The van der Waals surface area contributed by atoms with E-state index in [1.807, 2.05) is 23.6 Å². The van der Waals surface area contributed by atoms with Crippen molar-refractivity contribution in [3.63, 3.8) is 0 Å². The summed E-state index contributed by atoms with van der Waals surface area (Å²) in [6, 6.07) is 2.35. The van der Waals surface area contributed by atoms with Crippen LogP contribution in [0.5, 0.6) is 5.75 Å². The minimum atomic E-state index is -4.26. The number of hydrogen-bond acceptors (Lipinski definition) is 6. The van der Waals surface area contributed by atoms with Crippen LogP contribution in [0, 0.1) is 17.7 Å². The number of rotatable bonds is 4. The number of aromatic hydroxyl groups is 1. The largest absolute Gasteiger partial charge is 0.506 e. The smallest absolute Gasteiger partial charge is 0.326 e. The van der Waals surface area contributed by atoms with Gasteiger partial charge in [0.15, 0.2) is 5.82 Å². The average Bonchev–Trinajstić information content (AvgIpc) is 3.16. The Morgan fingerprint density at radius 3 is 2.75 bits per heavy atom. The van der Waals surface area contributed by atoms with E-state index in [9.17, 15) is 22.7 Å². The van der Waals surface area contributed by atoms with Crippen LogP contribution in [0.4, 0.5) is 10.1 Å². The van der Waals surface area contributed by atoms with Gasteiger partial charge in [-0.05, 0) is 32.1 Å². The Morgan fingerprint density at radius 2 is 2.11 bits per heavy atom. The number of phenolic OH excluding ortho intramolecular Hbond substituents is 1. The van der Waals surface area contributed by atoms with Crippen molar-refractivity contribution in [2.75, 3.05) is 31.5 Å². The Balaban J connectivity index is 1.90. The molecule has 1 aliphatic heterocycles. The van der Waals surface area contributed by atoms with Crippen molar-refractivity contribution >= 4 is 21.8 Å². The standard InChI is InChI=1S/C17H18FN5O4S/c1-21(2)7-8-22-9-13(19-11-22)5-3-12-4-6-14(24)17(16(12)18)23-10-15(25)20-28(23,26)27/h4,6,9,11,24H,7-8,10H2,1-2H3,(H,20,25). The quantitative estimate of drug-likeness (QED) is 0.684. The van der Waals surface area contributed by atoms with Crippen LogP contribution in [0.3, 0.4) is 0 Å². The molecule has 1 fully saturated rings. The Labute approximate surface area is 161 Å². The first-order valence-electron chi connectivity index (χ1n) is 8.20. The molecule has 28 heavy (non-hydrogen) atoms. The highest BCUT2D eigenvalue weighted by molar-refractivity contribution is 7.92. The molecule has 2 aromatic rings. The second-order valence-corrected chi connectivity index (χ2v) is 7.98. The number of benzene rings is 1. The molecule has 0 aliphatic carbocycles. The maximum atomic E-state index is 14.8. The predicted octanol–water partition coefficient (Wildman–Crippen LogP) is -0.130. The number of imidazole rings is 1. The van der Waals surface area contributed by atoms with Crippen LogP contribution in [0.1, 0.15) is 11.3 Å². The van der Waals surface area contributed by atoms with E-state index in [2.05, 4.69) is 16.8 Å². The third-order valence-corrected chi connectivity index (χ3v) is 5.31. The zero-order valence-corrected chi connectivity index (χ0v) is 16.0. The van der Waals surface area contributed by atoms with Crippen LogP contribution in [0.15, 0.2) is 24.7 Å². The number of nitrogens with one attached hydrogen (secondary N) is 1. The molecule has 3 rings (SSSR count). The molecule has 1 aliphatic rings. The number of anilines is 1. The highest BCUT2D eigenvalue weighted by Gasteiger charge is 2.37. The molecular weight excluding hydrogens is 389 g/mol. The number of aromatic nitrogens is 2. The highest BCUT2D eigenvalue weighted by atomic mass is 32.2. The SMILES string of the molecule is CN(C)CCn1cnc(C#Cc2ccc(O)c(N3CC(=O)NS3(=O)=O)c2F)c1. The highest BCUT2D eigenvalue weighted by Crippen LogP contribution is 2.34. The van der Waals surface area contributed by atoms with Gasteiger partial charge < -0.3 is 14.6 Å². The number of phenols is 1. The number of carbonyl (C=O) groups is 1. The first kappa shape index (κ1) is 19.7. The van der Waals surface area contributed by atoms with Gasteiger partial charge in [0.1, 0.15) is 23.7 Å². The molecule has 1 amide bonds. The average molecular weight is 407 g/mol. The fourth-order valence-corrected chi connectivity index (χ4v) is 3.69. The molecular formula is C17H18FN5O4S. The van der Waals surface area contributed by atoms with E-state index >= 15 is 0 Å². The van der Waals surface area contributed by atoms with E-state index in [-0.39, 0.29) is 5.56 Å². The van der Waals surface area contributed by atoms with Crippen molar-refractivity contribution in [1.82, 2.24) is 19.2 Å². The van der Waals surface area contributed by atoms with Crippen LogP contribution in [-0.2, 0) is 21.5 Å². The van der Waals surface area contributed by atoms with Crippen LogP contribution < -0.4 is 9.03 Å². The Kier molecular flexibility index (Phi) is 5.26. The molecule has 0 atom stereocenters. The van der Waals surface area contributed by atoms with Gasteiger partial charge in [0, 0.05) is 19.3 Å². The first-order valence-corrected chi connectivity index (χ1v) is 9.64. The van der Waals surface area contributed by atoms with Gasteiger partial charge in [-0.25, -0.2) is 18.4 Å². The van der Waals surface area contributed by atoms with Gasteiger partial charge in [-0.1, -0.05) is 5.92 Å². The lowest BCUT2D eigenvalue weighted by atomic mass is 10.1. The first-order chi connectivity index (χ1) is 13.2. The second-order valence-electron chi connectivity index (χ2n) is 6.38. The summed E-state index contributed by atoms with van der Waals surface area (Å²) in [6.07, 6.45) is 3.32. The number of amides is 1. The van der Waals surface area contributed by atoms with E-state index in [0.717, 1.165) is 12.6 Å². The molecule has 0 spiro atoms. The van der Waals surface area contributed by atoms with Crippen molar-refractivity contribution in [3.8, 4) is 17.6 Å². The van der Waals surface area contributed by atoms with Gasteiger partial charge in [-0.15, -0.1) is 0 Å². The summed E-state index contributed by atoms with van der Waals surface area (Å²) in [6.45, 7) is 0.906. The maximum Gasteiger partial charge on any atom is 0.326 e. The summed E-state index contributed by atoms with van der Waals surface area (Å²) < 4.78 is 42.8. The molecule has 2 heterocycles. The number of hydrogen-bond donors (Lipinski definition) is 2. The number of likely N-dealkylation sites (N-methyl/N-ethyl adjacent to an activating group) is 1. The van der Waals surface area contributed by atoms with Crippen molar-refractivity contribution in [3.05, 3.63) is 41.7 Å². The van der Waals surface area contributed by atoms with Gasteiger partial charge >= 0.3 is 10.2 Å². The van der Waals surface area contributed by atoms with Crippen LogP contribution in [-0.4, -0.2) is 61.1 Å². The number of carbonyl (C=O) groups excluding carboxylic acids is 1. The lowest BCUT2D eigenvalue weighted by molar-refractivity contribution is -0.117. The Hall–Kier alpha value is -3.10. The Morgan fingerprint density at radius 1 is 1.36 bits per heavy atom. The Bertz CT molecular complexity index is 1080. The predicted molar refractivity (Wildman–Crippen MR) is 99.2 cm³/mol. The summed E-state index contributed by atoms with van der Waals surface area (Å²) in [7, 11) is -0.361. The monoisotopic (exact) mass is 407 g/mol. The molecule has 0 unspecified atom stereocenters. The summed E-state index contributed by atoms with van der Waals surface area (Å²) in [5, 5.41) is 9.93. The van der Waals surface area contributed by atoms with Gasteiger partial charge in [0.05, 0.1) is 11.9 Å². The van der Waals surface area contributed by atoms with E-state index < -0.39 is 39.9 Å². The summed E-state index contributed by atoms with van der Waals surface area (Å²) in [5.74, 6) is 2.82. The van der Waals surface area contributed by atoms with Crippen LogP contribution in [0.25, 0.3) is 0 Å². The lowest BCUT2D eigenvalue weighted by Gasteiger charge is -2.17. The molecule has 148 valence electrons. The van der Waals surface area contributed by atoms with Gasteiger partial charge in [-0.2, -0.15) is 8.42 Å².